The first-order valence-corrected chi connectivity index (χ1v) is 2.28. The Bertz CT molecular complexity index is 161. The monoisotopic (exact) mass is 111 g/mol. The van der Waals surface area contributed by atoms with Gasteiger partial charge in [0.1, 0.15) is 0 Å². The maximum Gasteiger partial charge on any atom is 0.383 e. The van der Waals surface area contributed by atoms with Gasteiger partial charge in [0.25, 0.3) is 0 Å². The van der Waals surface area contributed by atoms with Crippen molar-refractivity contribution in [2.75, 3.05) is 13.1 Å². The fourth-order valence-electron chi connectivity index (χ4n) is 0.289. The molecule has 3 nitrogen and oxygen atoms in total. The second-order valence-corrected chi connectivity index (χ2v) is 1.53. The lowest BCUT2D eigenvalue weighted by atomic mass is 10.7. The van der Waals surface area contributed by atoms with Crippen LogP contribution in [0.15, 0.2) is 0 Å². The van der Waals surface area contributed by atoms with Gasteiger partial charge in [0.05, 0.1) is 0 Å². The van der Waals surface area contributed by atoms with Crippen LogP contribution in [0.1, 0.15) is 0 Å². The molecular formula is C5H5NO2. The molecule has 42 valence electrons. The zero-order chi connectivity index (χ0) is 5.98. The summed E-state index contributed by atoms with van der Waals surface area (Å²) in [5.74, 6) is 0.942. The number of hydrogen-bond donors (Lipinski definition) is 1. The minimum absolute atomic E-state index is 0.917. The molecule has 0 radical (unpaired) electrons. The average molecular weight is 111 g/mol. The topological polar surface area (TPSA) is 40.3 Å². The lowest BCUT2D eigenvalue weighted by Crippen LogP contribution is -1.89. The number of carboxylic acids is 1. The van der Waals surface area contributed by atoms with Crippen molar-refractivity contribution in [2.45, 2.75) is 0 Å². The third-order valence-corrected chi connectivity index (χ3v) is 0.768. The highest BCUT2D eigenvalue weighted by atomic mass is 16.4. The molecule has 0 aromatic carbocycles. The van der Waals surface area contributed by atoms with E-state index in [9.17, 15) is 4.79 Å². The first-order chi connectivity index (χ1) is 3.79. The summed E-state index contributed by atoms with van der Waals surface area (Å²) in [6, 6.07) is 2.44. The molecule has 8 heavy (non-hydrogen) atoms. The Morgan fingerprint density at radius 2 is 2.25 bits per heavy atom. The van der Waals surface area contributed by atoms with Gasteiger partial charge in [-0.15, -0.1) is 0 Å². The van der Waals surface area contributed by atoms with Crippen molar-refractivity contribution in [3.63, 3.8) is 0 Å². The number of hydrogen-bond acceptors (Lipinski definition) is 2. The third kappa shape index (κ3) is 1.52. The van der Waals surface area contributed by atoms with Gasteiger partial charge in [0.2, 0.25) is 0 Å². The molecule has 1 N–H and O–H groups in total. The highest BCUT2D eigenvalue weighted by molar-refractivity contribution is 5.86. The largest absolute Gasteiger partial charge is 0.472 e. The molecule has 1 aliphatic rings. The zero-order valence-electron chi connectivity index (χ0n) is 4.22. The van der Waals surface area contributed by atoms with Crippen molar-refractivity contribution in [1.29, 1.82) is 0 Å². The van der Waals surface area contributed by atoms with E-state index in [4.69, 9.17) is 5.11 Å². The highest BCUT2D eigenvalue weighted by Crippen LogP contribution is 1.97. The second-order valence-electron chi connectivity index (χ2n) is 1.53. The van der Waals surface area contributed by atoms with E-state index in [0.717, 1.165) is 13.1 Å². The fourth-order valence-corrected chi connectivity index (χ4v) is 0.289. The Morgan fingerprint density at radius 3 is 2.62 bits per heavy atom. The molecular weight excluding hydrogens is 106 g/mol. The number of aliphatic carboxylic acids is 1. The van der Waals surface area contributed by atoms with E-state index >= 15 is 0 Å². The maximum absolute atomic E-state index is 9.73. The second kappa shape index (κ2) is 1.74. The van der Waals surface area contributed by atoms with Crippen LogP contribution in [-0.4, -0.2) is 29.1 Å². The smallest absolute Gasteiger partial charge is 0.383 e. The van der Waals surface area contributed by atoms with Crippen LogP contribution in [0.2, 0.25) is 0 Å². The molecule has 0 unspecified atom stereocenters. The average Bonchev–Trinajstić information content (AvgIpc) is 2.41. The lowest BCUT2D eigenvalue weighted by Gasteiger charge is -1.76. The van der Waals surface area contributed by atoms with Crippen LogP contribution < -0.4 is 0 Å². The van der Waals surface area contributed by atoms with Crippen LogP contribution in [0.3, 0.4) is 0 Å². The Balaban J connectivity index is 2.34. The van der Waals surface area contributed by atoms with E-state index in [1.54, 1.807) is 4.90 Å². The molecule has 0 saturated carbocycles. The molecule has 3 heteroatoms. The van der Waals surface area contributed by atoms with E-state index in [1.165, 1.54) is 0 Å². The summed E-state index contributed by atoms with van der Waals surface area (Å²) in [5.41, 5.74) is 0. The lowest BCUT2D eigenvalue weighted by molar-refractivity contribution is -0.130. The molecule has 1 saturated heterocycles. The number of carbonyl (C=O) groups is 1. The molecule has 0 atom stereocenters. The standard InChI is InChI=1S/C5H5NO2/c7-5(8)1-2-6-3-4-6/h3-4H2,(H,7,8). The summed E-state index contributed by atoms with van der Waals surface area (Å²) in [7, 11) is 0. The molecule has 0 aromatic rings. The fraction of sp³-hybridized carbons (Fsp3) is 0.400. The Kier molecular flexibility index (Phi) is 1.09. The summed E-state index contributed by atoms with van der Waals surface area (Å²) in [4.78, 5) is 11.5. The first kappa shape index (κ1) is 4.98. The third-order valence-electron chi connectivity index (χ3n) is 0.768. The van der Waals surface area contributed by atoms with Crippen molar-refractivity contribution in [3.05, 3.63) is 0 Å². The molecule has 1 fully saturated rings. The van der Waals surface area contributed by atoms with E-state index < -0.39 is 5.97 Å². The van der Waals surface area contributed by atoms with Crippen LogP contribution in [0, 0.1) is 12.0 Å². The Labute approximate surface area is 46.9 Å². The molecule has 1 heterocycles. The summed E-state index contributed by atoms with van der Waals surface area (Å²) < 4.78 is 0. The first-order valence-electron chi connectivity index (χ1n) is 2.28. The molecule has 0 aromatic heterocycles. The number of nitrogens with zero attached hydrogens (tertiary/aromatic N) is 1. The van der Waals surface area contributed by atoms with Crippen LogP contribution >= 0.6 is 0 Å². The van der Waals surface area contributed by atoms with E-state index in [-0.39, 0.29) is 0 Å². The van der Waals surface area contributed by atoms with Gasteiger partial charge in [0, 0.05) is 25.1 Å². The minimum atomic E-state index is -1.06. The van der Waals surface area contributed by atoms with Crippen LogP contribution in [0.4, 0.5) is 0 Å². The highest BCUT2D eigenvalue weighted by Gasteiger charge is 2.11. The molecule has 0 spiro atoms. The summed E-state index contributed by atoms with van der Waals surface area (Å²) in [6.45, 7) is 1.83. The van der Waals surface area contributed by atoms with Gasteiger partial charge in [-0.05, 0) is 0 Å². The Hall–Kier alpha value is -1.17. The van der Waals surface area contributed by atoms with Crippen LogP contribution in [-0.2, 0) is 4.79 Å². The van der Waals surface area contributed by atoms with Gasteiger partial charge >= 0.3 is 5.97 Å². The molecule has 0 bridgehead atoms. The molecule has 1 rings (SSSR count). The summed E-state index contributed by atoms with van der Waals surface area (Å²) in [5, 5.41) is 7.99. The predicted molar refractivity (Wildman–Crippen MR) is 27.0 cm³/mol. The van der Waals surface area contributed by atoms with Crippen molar-refractivity contribution < 1.29 is 9.90 Å². The molecule has 1 aliphatic heterocycles. The van der Waals surface area contributed by atoms with E-state index in [2.05, 4.69) is 6.04 Å². The van der Waals surface area contributed by atoms with Crippen LogP contribution in [0.5, 0.6) is 0 Å². The SMILES string of the molecule is O=C(O)C#CN1CC1. The predicted octanol–water partition coefficient (Wildman–Crippen LogP) is -0.652. The van der Waals surface area contributed by atoms with Gasteiger partial charge in [-0.3, -0.25) is 0 Å². The summed E-state index contributed by atoms with van der Waals surface area (Å²) >= 11 is 0. The Morgan fingerprint density at radius 1 is 1.62 bits per heavy atom. The van der Waals surface area contributed by atoms with Crippen molar-refractivity contribution >= 4 is 5.97 Å². The minimum Gasteiger partial charge on any atom is -0.472 e. The van der Waals surface area contributed by atoms with Crippen molar-refractivity contribution in [1.82, 2.24) is 4.90 Å². The molecule has 0 aliphatic carbocycles. The van der Waals surface area contributed by atoms with Gasteiger partial charge < -0.3 is 10.0 Å². The van der Waals surface area contributed by atoms with Gasteiger partial charge in [-0.2, -0.15) is 0 Å². The maximum atomic E-state index is 9.73. The zero-order valence-corrected chi connectivity index (χ0v) is 4.22. The summed E-state index contributed by atoms with van der Waals surface area (Å²) in [6.07, 6.45) is 0. The number of carboxylic acid groups (broad SMARTS) is 1. The molecule has 0 amide bonds. The van der Waals surface area contributed by atoms with Gasteiger partial charge in [0.15, 0.2) is 0 Å². The van der Waals surface area contributed by atoms with Gasteiger partial charge in [-0.25, -0.2) is 4.79 Å². The van der Waals surface area contributed by atoms with E-state index in [0.29, 0.717) is 0 Å². The van der Waals surface area contributed by atoms with Gasteiger partial charge in [-0.1, -0.05) is 0 Å². The van der Waals surface area contributed by atoms with Crippen LogP contribution in [0.25, 0.3) is 0 Å². The van der Waals surface area contributed by atoms with Crippen molar-refractivity contribution in [2.24, 2.45) is 0 Å². The van der Waals surface area contributed by atoms with E-state index in [1.807, 2.05) is 5.92 Å². The normalized spacial score (nSPS) is 14.2. The quantitative estimate of drug-likeness (QED) is 0.333. The number of rotatable bonds is 0. The van der Waals surface area contributed by atoms with Crippen molar-refractivity contribution in [3.8, 4) is 12.0 Å².